The van der Waals surface area contributed by atoms with Crippen LogP contribution in [0.15, 0.2) is 0 Å². The van der Waals surface area contributed by atoms with Crippen molar-refractivity contribution in [3.63, 3.8) is 0 Å². The number of hydrogen-bond acceptors (Lipinski definition) is 10. The molecule has 0 aliphatic heterocycles. The lowest BCUT2D eigenvalue weighted by molar-refractivity contribution is -0.200. The second-order valence-electron chi connectivity index (χ2n) is 7.39. The molecule has 0 heterocycles. The molecular weight excluding hydrogens is 481 g/mol. The van der Waals surface area contributed by atoms with E-state index in [-0.39, 0.29) is 19.8 Å². The van der Waals surface area contributed by atoms with E-state index in [2.05, 4.69) is 18.6 Å². The molecule has 0 unspecified atom stereocenters. The molecule has 0 amide bonds. The standard InChI is InChI=1S/C22H41F3O10/c1-20(2)19-34-16-15-32-12-11-30-8-7-28-4-3-27-5-6-29-9-10-31-13-14-33-17-18-35-21(26)22(23,24)25/h20H,3-19H2,1-2H3. The molecule has 0 aliphatic rings. The van der Waals surface area contributed by atoms with Crippen LogP contribution in [-0.2, 0) is 47.4 Å². The second-order valence-corrected chi connectivity index (χ2v) is 7.39. The molecule has 0 N–H and O–H groups in total. The van der Waals surface area contributed by atoms with Crippen LogP contribution in [0.4, 0.5) is 13.2 Å². The lowest BCUT2D eigenvalue weighted by Crippen LogP contribution is -2.26. The first-order valence-corrected chi connectivity index (χ1v) is 11.7. The highest BCUT2D eigenvalue weighted by atomic mass is 19.4. The van der Waals surface area contributed by atoms with Crippen molar-refractivity contribution in [2.75, 3.05) is 112 Å². The molecule has 0 fully saturated rings. The number of alkyl halides is 3. The smallest absolute Gasteiger partial charge is 0.457 e. The molecule has 13 heteroatoms. The summed E-state index contributed by atoms with van der Waals surface area (Å²) in [6.07, 6.45) is -4.99. The van der Waals surface area contributed by atoms with Gasteiger partial charge in [0.05, 0.1) is 99.1 Å². The summed E-state index contributed by atoms with van der Waals surface area (Å²) in [6.45, 7) is 10.4. The van der Waals surface area contributed by atoms with Gasteiger partial charge >= 0.3 is 12.1 Å². The molecule has 0 aliphatic carbocycles. The van der Waals surface area contributed by atoms with E-state index < -0.39 is 18.8 Å². The molecule has 0 bridgehead atoms. The molecule has 0 saturated heterocycles. The highest BCUT2D eigenvalue weighted by Gasteiger charge is 2.40. The lowest BCUT2D eigenvalue weighted by Gasteiger charge is -2.09. The normalized spacial score (nSPS) is 11.9. The van der Waals surface area contributed by atoms with Crippen molar-refractivity contribution in [3.05, 3.63) is 0 Å². The van der Waals surface area contributed by atoms with Crippen LogP contribution in [0.1, 0.15) is 13.8 Å². The van der Waals surface area contributed by atoms with Gasteiger partial charge in [0, 0.05) is 6.61 Å². The monoisotopic (exact) mass is 522 g/mol. The minimum atomic E-state index is -4.99. The first-order chi connectivity index (χ1) is 16.8. The summed E-state index contributed by atoms with van der Waals surface area (Å²) in [4.78, 5) is 10.4. The molecule has 0 aromatic carbocycles. The predicted molar refractivity (Wildman–Crippen MR) is 118 cm³/mol. The SMILES string of the molecule is CC(C)COCCOCCOCCOCCOCCOCCOCCOCCOC(=O)C(F)(F)F. The van der Waals surface area contributed by atoms with Gasteiger partial charge in [-0.25, -0.2) is 4.79 Å². The Balaban J connectivity index is 3.10. The lowest BCUT2D eigenvalue weighted by atomic mass is 10.2. The van der Waals surface area contributed by atoms with Gasteiger partial charge in [-0.2, -0.15) is 13.2 Å². The Morgan fingerprint density at radius 1 is 0.514 bits per heavy atom. The number of hydrogen-bond donors (Lipinski definition) is 0. The zero-order valence-electron chi connectivity index (χ0n) is 20.8. The van der Waals surface area contributed by atoms with Crippen molar-refractivity contribution in [2.45, 2.75) is 20.0 Å². The van der Waals surface area contributed by atoms with Crippen LogP contribution in [-0.4, -0.2) is 124 Å². The van der Waals surface area contributed by atoms with Crippen molar-refractivity contribution >= 4 is 5.97 Å². The van der Waals surface area contributed by atoms with Crippen molar-refractivity contribution in [2.24, 2.45) is 5.92 Å². The molecule has 35 heavy (non-hydrogen) atoms. The third-order valence-corrected chi connectivity index (χ3v) is 3.75. The van der Waals surface area contributed by atoms with E-state index in [4.69, 9.17) is 37.9 Å². The average Bonchev–Trinajstić information content (AvgIpc) is 2.80. The Hall–Kier alpha value is -1.06. The molecule has 0 rings (SSSR count). The molecule has 210 valence electrons. The van der Waals surface area contributed by atoms with E-state index in [1.807, 2.05) is 0 Å². The first kappa shape index (κ1) is 33.9. The summed E-state index contributed by atoms with van der Waals surface area (Å²) in [5, 5.41) is 0. The maximum atomic E-state index is 11.9. The summed E-state index contributed by atoms with van der Waals surface area (Å²) in [7, 11) is 0. The average molecular weight is 523 g/mol. The van der Waals surface area contributed by atoms with Crippen LogP contribution >= 0.6 is 0 Å². The van der Waals surface area contributed by atoms with Gasteiger partial charge in [-0.05, 0) is 5.92 Å². The molecule has 0 spiro atoms. The van der Waals surface area contributed by atoms with E-state index in [1.165, 1.54) is 0 Å². The Kier molecular flexibility index (Phi) is 23.9. The van der Waals surface area contributed by atoms with Crippen LogP contribution in [0.5, 0.6) is 0 Å². The van der Waals surface area contributed by atoms with Crippen LogP contribution in [0.3, 0.4) is 0 Å². The van der Waals surface area contributed by atoms with Gasteiger partial charge < -0.3 is 42.6 Å². The second kappa shape index (κ2) is 24.6. The summed E-state index contributed by atoms with van der Waals surface area (Å²) < 4.78 is 82.1. The topological polar surface area (TPSA) is 100 Å². The van der Waals surface area contributed by atoms with Crippen molar-refractivity contribution < 1.29 is 60.6 Å². The number of esters is 1. The van der Waals surface area contributed by atoms with Crippen LogP contribution in [0, 0.1) is 5.92 Å². The third-order valence-electron chi connectivity index (χ3n) is 3.75. The van der Waals surface area contributed by atoms with E-state index in [0.29, 0.717) is 85.2 Å². The highest BCUT2D eigenvalue weighted by Crippen LogP contribution is 2.16. The number of ether oxygens (including phenoxy) is 9. The predicted octanol–water partition coefficient (Wildman–Crippen LogP) is 1.88. The van der Waals surface area contributed by atoms with Gasteiger partial charge in [-0.3, -0.25) is 0 Å². The van der Waals surface area contributed by atoms with Crippen molar-refractivity contribution in [1.29, 1.82) is 0 Å². The zero-order chi connectivity index (χ0) is 26.0. The summed E-state index contributed by atoms with van der Waals surface area (Å²) in [5.41, 5.74) is 0. The zero-order valence-corrected chi connectivity index (χ0v) is 20.8. The maximum absolute atomic E-state index is 11.9. The third kappa shape index (κ3) is 27.4. The molecule has 0 aromatic heterocycles. The quantitative estimate of drug-likeness (QED) is 0.124. The fraction of sp³-hybridized carbons (Fsp3) is 0.955. The Bertz CT molecular complexity index is 467. The Labute approximate surface area is 205 Å². The van der Waals surface area contributed by atoms with E-state index in [0.717, 1.165) is 6.61 Å². The van der Waals surface area contributed by atoms with E-state index in [1.54, 1.807) is 0 Å². The van der Waals surface area contributed by atoms with E-state index in [9.17, 15) is 18.0 Å². The molecule has 0 atom stereocenters. The van der Waals surface area contributed by atoms with E-state index >= 15 is 0 Å². The summed E-state index contributed by atoms with van der Waals surface area (Å²) >= 11 is 0. The van der Waals surface area contributed by atoms with Crippen molar-refractivity contribution in [3.8, 4) is 0 Å². The molecular formula is C22H41F3O10. The fourth-order valence-corrected chi connectivity index (χ4v) is 2.13. The molecule has 10 nitrogen and oxygen atoms in total. The van der Waals surface area contributed by atoms with Gasteiger partial charge in [0.2, 0.25) is 0 Å². The van der Waals surface area contributed by atoms with Crippen LogP contribution in [0.25, 0.3) is 0 Å². The van der Waals surface area contributed by atoms with Gasteiger partial charge in [-0.1, -0.05) is 13.8 Å². The van der Waals surface area contributed by atoms with Gasteiger partial charge in [0.1, 0.15) is 6.61 Å². The van der Waals surface area contributed by atoms with Gasteiger partial charge in [0.15, 0.2) is 0 Å². The number of carbonyl (C=O) groups excluding carboxylic acids is 1. The summed E-state index contributed by atoms with van der Waals surface area (Å²) in [5.74, 6) is -1.70. The minimum Gasteiger partial charge on any atom is -0.457 e. The number of halogens is 3. The van der Waals surface area contributed by atoms with Crippen LogP contribution < -0.4 is 0 Å². The number of carbonyl (C=O) groups is 1. The minimum absolute atomic E-state index is 0.139. The number of rotatable bonds is 26. The largest absolute Gasteiger partial charge is 0.490 e. The Morgan fingerprint density at radius 3 is 1.03 bits per heavy atom. The Morgan fingerprint density at radius 2 is 0.771 bits per heavy atom. The van der Waals surface area contributed by atoms with Gasteiger partial charge in [-0.15, -0.1) is 0 Å². The fourth-order valence-electron chi connectivity index (χ4n) is 2.13. The van der Waals surface area contributed by atoms with Crippen molar-refractivity contribution in [1.82, 2.24) is 0 Å². The van der Waals surface area contributed by atoms with Gasteiger partial charge in [0.25, 0.3) is 0 Å². The maximum Gasteiger partial charge on any atom is 0.490 e. The molecule has 0 saturated carbocycles. The highest BCUT2D eigenvalue weighted by molar-refractivity contribution is 5.75. The first-order valence-electron chi connectivity index (χ1n) is 11.7. The summed E-state index contributed by atoms with van der Waals surface area (Å²) in [6, 6.07) is 0. The van der Waals surface area contributed by atoms with Crippen LogP contribution in [0.2, 0.25) is 0 Å². The molecule has 0 radical (unpaired) electrons. The molecule has 0 aromatic rings.